The number of nitrogens with one attached hydrogen (secondary N) is 1. The molecule has 0 amide bonds. The molecule has 1 aromatic heterocycles. The largest absolute Gasteiger partial charge is 0.310 e. The van der Waals surface area contributed by atoms with Crippen LogP contribution in [0.25, 0.3) is 0 Å². The van der Waals surface area contributed by atoms with Crippen LogP contribution in [0.15, 0.2) is 35.0 Å². The van der Waals surface area contributed by atoms with Crippen LogP contribution in [-0.2, 0) is 6.42 Å². The van der Waals surface area contributed by atoms with Crippen molar-refractivity contribution in [3.63, 3.8) is 0 Å². The minimum absolute atomic E-state index is 0.462. The van der Waals surface area contributed by atoms with Crippen molar-refractivity contribution >= 4 is 11.3 Å². The van der Waals surface area contributed by atoms with Gasteiger partial charge in [0.1, 0.15) is 0 Å². The standard InChI is InChI=1S/C17H23NS/c1-4-18-17(8-6-15-9-10-19-12-15)16-7-5-13(2)14(3)11-16/h5,7,9-12,17-18H,4,6,8H2,1-3H3. The molecule has 2 rings (SSSR count). The topological polar surface area (TPSA) is 12.0 Å². The highest BCUT2D eigenvalue weighted by molar-refractivity contribution is 7.07. The van der Waals surface area contributed by atoms with Gasteiger partial charge in [-0.2, -0.15) is 11.3 Å². The van der Waals surface area contributed by atoms with Gasteiger partial charge in [-0.3, -0.25) is 0 Å². The summed E-state index contributed by atoms with van der Waals surface area (Å²) in [5.41, 5.74) is 5.63. The molecular formula is C17H23NS. The highest BCUT2D eigenvalue weighted by atomic mass is 32.1. The van der Waals surface area contributed by atoms with E-state index in [9.17, 15) is 0 Å². The normalized spacial score (nSPS) is 12.6. The molecular weight excluding hydrogens is 250 g/mol. The minimum Gasteiger partial charge on any atom is -0.310 e. The van der Waals surface area contributed by atoms with Crippen molar-refractivity contribution in [2.24, 2.45) is 0 Å². The van der Waals surface area contributed by atoms with Crippen LogP contribution < -0.4 is 5.32 Å². The summed E-state index contributed by atoms with van der Waals surface area (Å²) in [6.07, 6.45) is 2.31. The summed E-state index contributed by atoms with van der Waals surface area (Å²) >= 11 is 1.78. The smallest absolute Gasteiger partial charge is 0.0323 e. The summed E-state index contributed by atoms with van der Waals surface area (Å²) in [6, 6.07) is 9.52. The van der Waals surface area contributed by atoms with Crippen LogP contribution in [0.4, 0.5) is 0 Å². The second kappa shape index (κ2) is 6.88. The molecule has 0 fully saturated rings. The maximum absolute atomic E-state index is 3.61. The Kier molecular flexibility index (Phi) is 5.17. The Morgan fingerprint density at radius 2 is 2.00 bits per heavy atom. The predicted octanol–water partition coefficient (Wildman–Crippen LogP) is 4.65. The van der Waals surface area contributed by atoms with E-state index in [4.69, 9.17) is 0 Å². The second-order valence-corrected chi connectivity index (χ2v) is 5.90. The van der Waals surface area contributed by atoms with Crippen LogP contribution in [0.1, 0.15) is 41.6 Å². The zero-order chi connectivity index (χ0) is 13.7. The van der Waals surface area contributed by atoms with Crippen molar-refractivity contribution in [2.45, 2.75) is 39.7 Å². The lowest BCUT2D eigenvalue weighted by molar-refractivity contribution is 0.515. The zero-order valence-corrected chi connectivity index (χ0v) is 12.9. The van der Waals surface area contributed by atoms with Crippen LogP contribution in [0.5, 0.6) is 0 Å². The summed E-state index contributed by atoms with van der Waals surface area (Å²) in [5, 5.41) is 8.03. The lowest BCUT2D eigenvalue weighted by atomic mass is 9.97. The molecule has 2 aromatic rings. The van der Waals surface area contributed by atoms with Gasteiger partial charge in [0, 0.05) is 6.04 Å². The molecule has 1 atom stereocenters. The van der Waals surface area contributed by atoms with Crippen molar-refractivity contribution in [1.29, 1.82) is 0 Å². The van der Waals surface area contributed by atoms with E-state index >= 15 is 0 Å². The lowest BCUT2D eigenvalue weighted by Crippen LogP contribution is -2.21. The Hall–Kier alpha value is -1.12. The third kappa shape index (κ3) is 3.92. The second-order valence-electron chi connectivity index (χ2n) is 5.12. The maximum atomic E-state index is 3.61. The minimum atomic E-state index is 0.462. The molecule has 0 bridgehead atoms. The monoisotopic (exact) mass is 273 g/mol. The first-order valence-electron chi connectivity index (χ1n) is 7.02. The van der Waals surface area contributed by atoms with E-state index in [1.54, 1.807) is 11.3 Å². The molecule has 102 valence electrons. The fourth-order valence-corrected chi connectivity index (χ4v) is 3.06. The van der Waals surface area contributed by atoms with Gasteiger partial charge >= 0.3 is 0 Å². The lowest BCUT2D eigenvalue weighted by Gasteiger charge is -2.19. The first-order valence-corrected chi connectivity index (χ1v) is 7.96. The van der Waals surface area contributed by atoms with Crippen LogP contribution in [-0.4, -0.2) is 6.54 Å². The molecule has 1 unspecified atom stereocenters. The number of hydrogen-bond acceptors (Lipinski definition) is 2. The van der Waals surface area contributed by atoms with E-state index in [1.807, 2.05) is 0 Å². The quantitative estimate of drug-likeness (QED) is 0.808. The summed E-state index contributed by atoms with van der Waals surface area (Å²) in [7, 11) is 0. The summed E-state index contributed by atoms with van der Waals surface area (Å²) in [6.45, 7) is 7.56. The molecule has 1 heterocycles. The third-order valence-electron chi connectivity index (χ3n) is 3.69. The molecule has 0 saturated heterocycles. The van der Waals surface area contributed by atoms with Crippen LogP contribution >= 0.6 is 11.3 Å². The van der Waals surface area contributed by atoms with E-state index < -0.39 is 0 Å². The van der Waals surface area contributed by atoms with Gasteiger partial charge in [0.05, 0.1) is 0 Å². The van der Waals surface area contributed by atoms with Gasteiger partial charge in [-0.15, -0.1) is 0 Å². The third-order valence-corrected chi connectivity index (χ3v) is 4.42. The van der Waals surface area contributed by atoms with E-state index in [1.165, 1.54) is 22.3 Å². The molecule has 0 aliphatic carbocycles. The van der Waals surface area contributed by atoms with Crippen LogP contribution in [0.2, 0.25) is 0 Å². The molecule has 0 radical (unpaired) electrons. The van der Waals surface area contributed by atoms with Gasteiger partial charge in [0.15, 0.2) is 0 Å². The van der Waals surface area contributed by atoms with E-state index in [0.29, 0.717) is 6.04 Å². The summed E-state index contributed by atoms with van der Waals surface area (Å²) < 4.78 is 0. The summed E-state index contributed by atoms with van der Waals surface area (Å²) in [5.74, 6) is 0. The van der Waals surface area contributed by atoms with Crippen molar-refractivity contribution in [3.05, 3.63) is 57.3 Å². The highest BCUT2D eigenvalue weighted by Crippen LogP contribution is 2.22. The maximum Gasteiger partial charge on any atom is 0.0323 e. The molecule has 1 aromatic carbocycles. The van der Waals surface area contributed by atoms with Gasteiger partial charge in [-0.1, -0.05) is 25.1 Å². The Morgan fingerprint density at radius 1 is 1.16 bits per heavy atom. The number of thiophene rings is 1. The zero-order valence-electron chi connectivity index (χ0n) is 12.1. The molecule has 0 aliphatic rings. The van der Waals surface area contributed by atoms with E-state index in [0.717, 1.165) is 19.4 Å². The molecule has 19 heavy (non-hydrogen) atoms. The molecule has 2 heteroatoms. The van der Waals surface area contributed by atoms with Gasteiger partial charge in [-0.05, 0) is 72.3 Å². The van der Waals surface area contributed by atoms with Crippen molar-refractivity contribution in [2.75, 3.05) is 6.54 Å². The van der Waals surface area contributed by atoms with E-state index in [2.05, 4.69) is 61.1 Å². The number of aryl methyl sites for hydroxylation is 3. The summed E-state index contributed by atoms with van der Waals surface area (Å²) in [4.78, 5) is 0. The van der Waals surface area contributed by atoms with Crippen LogP contribution in [0.3, 0.4) is 0 Å². The SMILES string of the molecule is CCNC(CCc1ccsc1)c1ccc(C)c(C)c1. The molecule has 0 spiro atoms. The Labute approximate surface area is 120 Å². The molecule has 1 nitrogen and oxygen atoms in total. The molecule has 0 aliphatic heterocycles. The van der Waals surface area contributed by atoms with Crippen molar-refractivity contribution in [3.8, 4) is 0 Å². The fourth-order valence-electron chi connectivity index (χ4n) is 2.36. The average molecular weight is 273 g/mol. The Bertz CT molecular complexity index is 502. The van der Waals surface area contributed by atoms with Gasteiger partial charge in [0.2, 0.25) is 0 Å². The van der Waals surface area contributed by atoms with E-state index in [-0.39, 0.29) is 0 Å². The Morgan fingerprint density at radius 3 is 2.63 bits per heavy atom. The van der Waals surface area contributed by atoms with Crippen molar-refractivity contribution < 1.29 is 0 Å². The first-order chi connectivity index (χ1) is 9.20. The highest BCUT2D eigenvalue weighted by Gasteiger charge is 2.11. The molecule has 0 saturated carbocycles. The van der Waals surface area contributed by atoms with Crippen molar-refractivity contribution in [1.82, 2.24) is 5.32 Å². The molecule has 1 N–H and O–H groups in total. The van der Waals surface area contributed by atoms with Gasteiger partial charge in [-0.25, -0.2) is 0 Å². The first kappa shape index (κ1) is 14.3. The van der Waals surface area contributed by atoms with Crippen LogP contribution in [0, 0.1) is 13.8 Å². The number of rotatable bonds is 6. The number of benzene rings is 1. The predicted molar refractivity (Wildman–Crippen MR) is 85.0 cm³/mol. The average Bonchev–Trinajstić information content (AvgIpc) is 2.91. The fraction of sp³-hybridized carbons (Fsp3) is 0.412. The van der Waals surface area contributed by atoms with Gasteiger partial charge in [0.25, 0.3) is 0 Å². The number of hydrogen-bond donors (Lipinski definition) is 1. The Balaban J connectivity index is 2.07. The van der Waals surface area contributed by atoms with Gasteiger partial charge < -0.3 is 5.32 Å².